The molecule has 110 valence electrons. The fraction of sp³-hybridized carbons (Fsp3) is 0.0714. The van der Waals surface area contributed by atoms with Crippen LogP contribution in [0.2, 0.25) is 10.0 Å². The highest BCUT2D eigenvalue weighted by atomic mass is 35.5. The normalized spacial score (nSPS) is 10.5. The first-order valence-electron chi connectivity index (χ1n) is 5.67. The molecule has 0 unspecified atom stereocenters. The summed E-state index contributed by atoms with van der Waals surface area (Å²) in [7, 11) is 1.38. The number of rotatable bonds is 3. The largest absolute Gasteiger partial charge is 0.495 e. The van der Waals surface area contributed by atoms with Gasteiger partial charge in [-0.15, -0.1) is 0 Å². The number of benzene rings is 2. The van der Waals surface area contributed by atoms with Crippen molar-refractivity contribution in [2.45, 2.75) is 0 Å². The number of hydrogen-bond acceptors (Lipinski definition) is 3. The van der Waals surface area contributed by atoms with E-state index in [1.54, 1.807) is 0 Å². The number of ketones is 1. The van der Waals surface area contributed by atoms with Crippen molar-refractivity contribution in [3.63, 3.8) is 0 Å². The Balaban J connectivity index is 2.58. The Morgan fingerprint density at radius 2 is 1.76 bits per heavy atom. The van der Waals surface area contributed by atoms with Crippen molar-refractivity contribution in [3.8, 4) is 5.75 Å². The molecular formula is C14H9Cl2F2NO2. The Kier molecular flexibility index (Phi) is 4.34. The van der Waals surface area contributed by atoms with Gasteiger partial charge >= 0.3 is 0 Å². The van der Waals surface area contributed by atoms with E-state index in [-0.39, 0.29) is 21.4 Å². The van der Waals surface area contributed by atoms with E-state index in [2.05, 4.69) is 0 Å². The SMILES string of the molecule is COc1cc(Cl)c(C(=O)c2cc(F)cc(N)c2F)cc1Cl. The van der Waals surface area contributed by atoms with Crippen LogP contribution in [0.5, 0.6) is 5.75 Å². The van der Waals surface area contributed by atoms with Crippen LogP contribution in [-0.2, 0) is 0 Å². The predicted molar refractivity (Wildman–Crippen MR) is 77.2 cm³/mol. The summed E-state index contributed by atoms with van der Waals surface area (Å²) < 4.78 is 32.1. The van der Waals surface area contributed by atoms with E-state index in [0.29, 0.717) is 0 Å². The molecule has 0 saturated heterocycles. The molecule has 0 aliphatic rings. The summed E-state index contributed by atoms with van der Waals surface area (Å²) in [6.45, 7) is 0. The summed E-state index contributed by atoms with van der Waals surface area (Å²) in [5, 5.41) is 0.124. The van der Waals surface area contributed by atoms with Gasteiger partial charge in [-0.1, -0.05) is 23.2 Å². The molecule has 0 aromatic heterocycles. The average Bonchev–Trinajstić information content (AvgIpc) is 2.44. The molecule has 2 aromatic carbocycles. The van der Waals surface area contributed by atoms with Crippen LogP contribution in [-0.4, -0.2) is 12.9 Å². The summed E-state index contributed by atoms with van der Waals surface area (Å²) in [5.41, 5.74) is 4.25. The molecule has 0 bridgehead atoms. The van der Waals surface area contributed by atoms with Gasteiger partial charge in [-0.3, -0.25) is 4.79 Å². The first-order chi connectivity index (χ1) is 9.85. The molecule has 0 spiro atoms. The number of nitrogens with two attached hydrogens (primary N) is 1. The number of hydrogen-bond donors (Lipinski definition) is 1. The lowest BCUT2D eigenvalue weighted by Gasteiger charge is -2.10. The molecule has 21 heavy (non-hydrogen) atoms. The Hall–Kier alpha value is -1.85. The third kappa shape index (κ3) is 2.94. The number of carbonyl (C=O) groups is 1. The first kappa shape index (κ1) is 15.5. The minimum absolute atomic E-state index is 0.00322. The standard InChI is InChI=1S/C14H9Cl2F2NO2/c1-21-12-5-9(15)7(4-10(12)16)14(20)8-2-6(17)3-11(19)13(8)18/h2-5H,19H2,1H3. The molecule has 0 atom stereocenters. The van der Waals surface area contributed by atoms with Crippen molar-refractivity contribution in [3.05, 3.63) is 57.1 Å². The van der Waals surface area contributed by atoms with Gasteiger partial charge < -0.3 is 10.5 Å². The first-order valence-corrected chi connectivity index (χ1v) is 6.43. The molecule has 2 rings (SSSR count). The molecule has 0 amide bonds. The van der Waals surface area contributed by atoms with Crippen LogP contribution in [0, 0.1) is 11.6 Å². The molecule has 0 radical (unpaired) electrons. The Bertz CT molecular complexity index is 735. The van der Waals surface area contributed by atoms with Crippen molar-refractivity contribution in [2.75, 3.05) is 12.8 Å². The number of carbonyl (C=O) groups excluding carboxylic acids is 1. The molecule has 7 heteroatoms. The Labute approximate surface area is 129 Å². The summed E-state index contributed by atoms with van der Waals surface area (Å²) in [4.78, 5) is 12.3. The van der Waals surface area contributed by atoms with E-state index in [1.807, 2.05) is 0 Å². The van der Waals surface area contributed by atoms with Gasteiger partial charge in [0.25, 0.3) is 0 Å². The van der Waals surface area contributed by atoms with Crippen molar-refractivity contribution >= 4 is 34.7 Å². The van der Waals surface area contributed by atoms with Crippen LogP contribution in [0.4, 0.5) is 14.5 Å². The fourth-order valence-corrected chi connectivity index (χ4v) is 2.26. The predicted octanol–water partition coefficient (Wildman–Crippen LogP) is 4.09. The van der Waals surface area contributed by atoms with Crippen LogP contribution in [0.15, 0.2) is 24.3 Å². The number of nitrogen functional groups attached to an aromatic ring is 1. The topological polar surface area (TPSA) is 52.3 Å². The highest BCUT2D eigenvalue weighted by molar-refractivity contribution is 6.37. The van der Waals surface area contributed by atoms with E-state index in [9.17, 15) is 13.6 Å². The van der Waals surface area contributed by atoms with Crippen molar-refractivity contribution in [1.29, 1.82) is 0 Å². The van der Waals surface area contributed by atoms with Crippen molar-refractivity contribution in [2.24, 2.45) is 0 Å². The summed E-state index contributed by atoms with van der Waals surface area (Å²) in [6.07, 6.45) is 0. The molecule has 0 heterocycles. The zero-order valence-electron chi connectivity index (χ0n) is 10.7. The Morgan fingerprint density at radius 1 is 1.10 bits per heavy atom. The quantitative estimate of drug-likeness (QED) is 0.680. The van der Waals surface area contributed by atoms with Crippen LogP contribution >= 0.6 is 23.2 Å². The third-order valence-electron chi connectivity index (χ3n) is 2.80. The van der Waals surface area contributed by atoms with Crippen LogP contribution < -0.4 is 10.5 Å². The number of anilines is 1. The lowest BCUT2D eigenvalue weighted by molar-refractivity contribution is 0.103. The summed E-state index contributed by atoms with van der Waals surface area (Å²) >= 11 is 11.9. The zero-order valence-corrected chi connectivity index (χ0v) is 12.2. The van der Waals surface area contributed by atoms with E-state index < -0.39 is 28.7 Å². The van der Waals surface area contributed by atoms with Crippen molar-refractivity contribution < 1.29 is 18.3 Å². The second kappa shape index (κ2) is 5.87. The van der Waals surface area contributed by atoms with Gasteiger partial charge in [0.1, 0.15) is 11.6 Å². The van der Waals surface area contributed by atoms with E-state index in [1.165, 1.54) is 19.2 Å². The van der Waals surface area contributed by atoms with Crippen LogP contribution in [0.1, 0.15) is 15.9 Å². The fourth-order valence-electron chi connectivity index (χ4n) is 1.78. The third-order valence-corrected chi connectivity index (χ3v) is 3.40. The minimum atomic E-state index is -1.01. The number of ether oxygens (including phenoxy) is 1. The second-order valence-corrected chi connectivity index (χ2v) is 4.97. The van der Waals surface area contributed by atoms with Gasteiger partial charge in [0.05, 0.1) is 28.4 Å². The summed E-state index contributed by atoms with van der Waals surface area (Å²) in [5.74, 6) is -2.40. The molecular weight excluding hydrogens is 323 g/mol. The monoisotopic (exact) mass is 331 g/mol. The number of methoxy groups -OCH3 is 1. The van der Waals surface area contributed by atoms with Gasteiger partial charge in [0.2, 0.25) is 0 Å². The van der Waals surface area contributed by atoms with Crippen LogP contribution in [0.25, 0.3) is 0 Å². The molecule has 3 nitrogen and oxygen atoms in total. The zero-order chi connectivity index (χ0) is 15.7. The molecule has 0 saturated carbocycles. The van der Waals surface area contributed by atoms with E-state index in [4.69, 9.17) is 33.7 Å². The summed E-state index contributed by atoms with van der Waals surface area (Å²) in [6, 6.07) is 4.08. The Morgan fingerprint density at radius 3 is 2.38 bits per heavy atom. The molecule has 2 N–H and O–H groups in total. The average molecular weight is 332 g/mol. The minimum Gasteiger partial charge on any atom is -0.495 e. The highest BCUT2D eigenvalue weighted by Gasteiger charge is 2.21. The van der Waals surface area contributed by atoms with Gasteiger partial charge in [-0.25, -0.2) is 8.78 Å². The van der Waals surface area contributed by atoms with E-state index in [0.717, 1.165) is 12.1 Å². The van der Waals surface area contributed by atoms with E-state index >= 15 is 0 Å². The molecule has 0 aliphatic carbocycles. The highest BCUT2D eigenvalue weighted by Crippen LogP contribution is 2.33. The lowest BCUT2D eigenvalue weighted by atomic mass is 10.0. The van der Waals surface area contributed by atoms with Gasteiger partial charge in [0, 0.05) is 11.6 Å². The molecule has 0 aliphatic heterocycles. The number of halogens is 4. The lowest BCUT2D eigenvalue weighted by Crippen LogP contribution is -2.08. The molecule has 2 aromatic rings. The van der Waals surface area contributed by atoms with Gasteiger partial charge in [-0.2, -0.15) is 0 Å². The maximum Gasteiger partial charge on any atom is 0.197 e. The second-order valence-electron chi connectivity index (χ2n) is 4.15. The van der Waals surface area contributed by atoms with Gasteiger partial charge in [-0.05, 0) is 18.2 Å². The maximum absolute atomic E-state index is 13.9. The van der Waals surface area contributed by atoms with Gasteiger partial charge in [0.15, 0.2) is 11.6 Å². The maximum atomic E-state index is 13.9. The van der Waals surface area contributed by atoms with Crippen LogP contribution in [0.3, 0.4) is 0 Å². The smallest absolute Gasteiger partial charge is 0.197 e. The molecule has 0 fully saturated rings. The van der Waals surface area contributed by atoms with Crippen molar-refractivity contribution in [1.82, 2.24) is 0 Å².